The third-order valence-electron chi connectivity index (χ3n) is 5.40. The molecular formula is C14H27N3. The van der Waals surface area contributed by atoms with Gasteiger partial charge >= 0.3 is 0 Å². The molecule has 1 saturated carbocycles. The van der Waals surface area contributed by atoms with Crippen LogP contribution in [-0.2, 0) is 0 Å². The zero-order valence-electron chi connectivity index (χ0n) is 11.2. The predicted octanol–water partition coefficient (Wildman–Crippen LogP) is 1.28. The lowest BCUT2D eigenvalue weighted by Crippen LogP contribution is -2.60. The van der Waals surface area contributed by atoms with Crippen LogP contribution in [-0.4, -0.2) is 54.6 Å². The summed E-state index contributed by atoms with van der Waals surface area (Å²) < 4.78 is 0. The first-order valence-corrected chi connectivity index (χ1v) is 7.39. The second-order valence-corrected chi connectivity index (χ2v) is 6.54. The monoisotopic (exact) mass is 237 g/mol. The molecule has 2 aliphatic heterocycles. The molecule has 0 spiro atoms. The highest BCUT2D eigenvalue weighted by molar-refractivity contribution is 5.01. The van der Waals surface area contributed by atoms with Crippen LogP contribution in [0.2, 0.25) is 0 Å². The van der Waals surface area contributed by atoms with Crippen molar-refractivity contribution in [3.05, 3.63) is 0 Å². The second-order valence-electron chi connectivity index (χ2n) is 6.54. The topological polar surface area (TPSA) is 32.5 Å². The van der Waals surface area contributed by atoms with Gasteiger partial charge in [-0.25, -0.2) is 0 Å². The molecule has 3 nitrogen and oxygen atoms in total. The number of piperidine rings is 1. The highest BCUT2D eigenvalue weighted by atomic mass is 15.3. The van der Waals surface area contributed by atoms with Crippen LogP contribution >= 0.6 is 0 Å². The standard InChI is InChI=1S/C14H27N3/c1-16(10-12-4-5-12)14(11-15)6-8-17-7-2-3-13(17)9-14/h12-13H,2-11,15H2,1H3. The Morgan fingerprint density at radius 2 is 2.12 bits per heavy atom. The summed E-state index contributed by atoms with van der Waals surface area (Å²) in [4.78, 5) is 5.30. The Labute approximate surface area is 105 Å². The molecular weight excluding hydrogens is 210 g/mol. The normalized spacial score (nSPS) is 38.6. The molecule has 3 fully saturated rings. The lowest BCUT2D eigenvalue weighted by Gasteiger charge is -2.49. The van der Waals surface area contributed by atoms with Crippen molar-refractivity contribution in [2.75, 3.05) is 33.2 Å². The van der Waals surface area contributed by atoms with Crippen molar-refractivity contribution < 1.29 is 0 Å². The van der Waals surface area contributed by atoms with Crippen LogP contribution in [0.1, 0.15) is 38.5 Å². The molecule has 2 saturated heterocycles. The quantitative estimate of drug-likeness (QED) is 0.799. The van der Waals surface area contributed by atoms with Crippen molar-refractivity contribution in [2.45, 2.75) is 50.1 Å². The third-order valence-corrected chi connectivity index (χ3v) is 5.40. The Morgan fingerprint density at radius 1 is 1.29 bits per heavy atom. The van der Waals surface area contributed by atoms with Crippen LogP contribution in [0.25, 0.3) is 0 Å². The van der Waals surface area contributed by atoms with E-state index in [0.29, 0.717) is 5.54 Å². The van der Waals surface area contributed by atoms with Gasteiger partial charge in [0, 0.05) is 31.2 Å². The zero-order valence-corrected chi connectivity index (χ0v) is 11.2. The van der Waals surface area contributed by atoms with Crippen molar-refractivity contribution in [3.8, 4) is 0 Å². The number of nitrogens with two attached hydrogens (primary N) is 1. The van der Waals surface area contributed by atoms with Crippen LogP contribution in [0.4, 0.5) is 0 Å². The highest BCUT2D eigenvalue weighted by Gasteiger charge is 2.44. The minimum Gasteiger partial charge on any atom is -0.329 e. The van der Waals surface area contributed by atoms with E-state index in [9.17, 15) is 0 Å². The second kappa shape index (κ2) is 4.52. The Morgan fingerprint density at radius 3 is 2.82 bits per heavy atom. The van der Waals surface area contributed by atoms with E-state index in [1.165, 1.54) is 58.2 Å². The maximum Gasteiger partial charge on any atom is 0.0355 e. The van der Waals surface area contributed by atoms with Crippen LogP contribution in [0.5, 0.6) is 0 Å². The largest absolute Gasteiger partial charge is 0.329 e. The van der Waals surface area contributed by atoms with Crippen molar-refractivity contribution in [1.29, 1.82) is 0 Å². The van der Waals surface area contributed by atoms with Crippen LogP contribution < -0.4 is 5.73 Å². The lowest BCUT2D eigenvalue weighted by atomic mass is 9.81. The Kier molecular flexibility index (Phi) is 3.18. The van der Waals surface area contributed by atoms with Gasteiger partial charge in [-0.15, -0.1) is 0 Å². The van der Waals surface area contributed by atoms with E-state index in [1.807, 2.05) is 0 Å². The Bertz CT molecular complexity index is 277. The predicted molar refractivity (Wildman–Crippen MR) is 71.0 cm³/mol. The third kappa shape index (κ3) is 2.25. The first-order valence-electron chi connectivity index (χ1n) is 7.39. The van der Waals surface area contributed by atoms with Gasteiger partial charge in [-0.2, -0.15) is 0 Å². The molecule has 0 radical (unpaired) electrons. The lowest BCUT2D eigenvalue weighted by molar-refractivity contribution is 0.0242. The van der Waals surface area contributed by atoms with E-state index in [-0.39, 0.29) is 0 Å². The smallest absolute Gasteiger partial charge is 0.0355 e. The van der Waals surface area contributed by atoms with Gasteiger partial charge in [0.2, 0.25) is 0 Å². The van der Waals surface area contributed by atoms with Gasteiger partial charge in [0.15, 0.2) is 0 Å². The number of likely N-dealkylation sites (N-methyl/N-ethyl adjacent to an activating group) is 1. The summed E-state index contributed by atoms with van der Waals surface area (Å²) in [5.41, 5.74) is 6.47. The van der Waals surface area contributed by atoms with Gasteiger partial charge in [0.25, 0.3) is 0 Å². The Balaban J connectivity index is 1.67. The number of nitrogens with zero attached hydrogens (tertiary/aromatic N) is 2. The molecule has 0 aromatic rings. The summed E-state index contributed by atoms with van der Waals surface area (Å²) in [6, 6.07) is 0.828. The van der Waals surface area contributed by atoms with Gasteiger partial charge in [-0.1, -0.05) is 0 Å². The number of hydrogen-bond acceptors (Lipinski definition) is 3. The van der Waals surface area contributed by atoms with Crippen LogP contribution in [0.15, 0.2) is 0 Å². The molecule has 3 rings (SSSR count). The SMILES string of the molecule is CN(CC1CC1)C1(CN)CCN2CCCC2C1. The summed E-state index contributed by atoms with van der Waals surface area (Å²) in [5.74, 6) is 0.977. The van der Waals surface area contributed by atoms with E-state index in [0.717, 1.165) is 18.5 Å². The molecule has 0 aromatic carbocycles. The van der Waals surface area contributed by atoms with E-state index >= 15 is 0 Å². The first-order chi connectivity index (χ1) is 8.23. The fourth-order valence-electron chi connectivity index (χ4n) is 3.88. The first kappa shape index (κ1) is 11.9. The highest BCUT2D eigenvalue weighted by Crippen LogP contribution is 2.38. The van der Waals surface area contributed by atoms with Gasteiger partial charge in [0.05, 0.1) is 0 Å². The maximum atomic E-state index is 6.16. The molecule has 3 heteroatoms. The molecule has 98 valence electrons. The molecule has 17 heavy (non-hydrogen) atoms. The van der Waals surface area contributed by atoms with Gasteiger partial charge in [0.1, 0.15) is 0 Å². The Hall–Kier alpha value is -0.120. The molecule has 0 bridgehead atoms. The molecule has 2 atom stereocenters. The van der Waals surface area contributed by atoms with E-state index < -0.39 is 0 Å². The number of hydrogen-bond donors (Lipinski definition) is 1. The van der Waals surface area contributed by atoms with Gasteiger partial charge in [-0.05, 0) is 58.0 Å². The summed E-state index contributed by atoms with van der Waals surface area (Å²) in [7, 11) is 2.32. The van der Waals surface area contributed by atoms with Gasteiger partial charge < -0.3 is 10.6 Å². The minimum absolute atomic E-state index is 0.314. The zero-order chi connectivity index (χ0) is 11.9. The molecule has 3 aliphatic rings. The van der Waals surface area contributed by atoms with Crippen molar-refractivity contribution >= 4 is 0 Å². The van der Waals surface area contributed by atoms with Crippen molar-refractivity contribution in [3.63, 3.8) is 0 Å². The molecule has 1 aliphatic carbocycles. The average molecular weight is 237 g/mol. The minimum atomic E-state index is 0.314. The van der Waals surface area contributed by atoms with Crippen molar-refractivity contribution in [2.24, 2.45) is 11.7 Å². The van der Waals surface area contributed by atoms with Crippen LogP contribution in [0, 0.1) is 5.92 Å². The van der Waals surface area contributed by atoms with Crippen molar-refractivity contribution in [1.82, 2.24) is 9.80 Å². The molecule has 0 aromatic heterocycles. The van der Waals surface area contributed by atoms with E-state index in [2.05, 4.69) is 16.8 Å². The average Bonchev–Trinajstić information content (AvgIpc) is 3.04. The summed E-state index contributed by atoms with van der Waals surface area (Å²) in [6.45, 7) is 4.74. The molecule has 2 heterocycles. The molecule has 2 N–H and O–H groups in total. The fourth-order valence-corrected chi connectivity index (χ4v) is 3.88. The number of fused-ring (bicyclic) bond motifs is 1. The summed E-state index contributed by atoms with van der Waals surface area (Å²) in [5, 5.41) is 0. The fraction of sp³-hybridized carbons (Fsp3) is 1.00. The number of rotatable bonds is 4. The summed E-state index contributed by atoms with van der Waals surface area (Å²) in [6.07, 6.45) is 8.29. The molecule has 2 unspecified atom stereocenters. The van der Waals surface area contributed by atoms with E-state index in [4.69, 9.17) is 5.73 Å². The van der Waals surface area contributed by atoms with Gasteiger partial charge in [-0.3, -0.25) is 4.90 Å². The maximum absolute atomic E-state index is 6.16. The van der Waals surface area contributed by atoms with E-state index in [1.54, 1.807) is 0 Å². The molecule has 0 amide bonds. The van der Waals surface area contributed by atoms with Crippen LogP contribution in [0.3, 0.4) is 0 Å². The summed E-state index contributed by atoms with van der Waals surface area (Å²) >= 11 is 0.